The molecule has 0 aliphatic rings. The first-order valence-corrected chi connectivity index (χ1v) is 8.09. The summed E-state index contributed by atoms with van der Waals surface area (Å²) in [6, 6.07) is 16.3. The van der Waals surface area contributed by atoms with Crippen molar-refractivity contribution in [3.8, 4) is 0 Å². The van der Waals surface area contributed by atoms with Crippen LogP contribution in [0, 0.1) is 0 Å². The SMILES string of the molecule is O=C(/C=c1/[nH]c(=O)/c(=C/c2ccccc2)s1)c1cccc(Cl)c1. The van der Waals surface area contributed by atoms with Crippen molar-refractivity contribution in [2.24, 2.45) is 0 Å². The molecule has 0 saturated heterocycles. The maximum Gasteiger partial charge on any atom is 0.266 e. The molecule has 0 bridgehead atoms. The second-order valence-corrected chi connectivity index (χ2v) is 6.38. The maximum atomic E-state index is 12.2. The summed E-state index contributed by atoms with van der Waals surface area (Å²) < 4.78 is 1.07. The molecule has 3 aromatic rings. The Balaban J connectivity index is 1.99. The molecule has 1 N–H and O–H groups in total. The summed E-state index contributed by atoms with van der Waals surface area (Å²) in [6.45, 7) is 0. The lowest BCUT2D eigenvalue weighted by Crippen LogP contribution is -2.19. The van der Waals surface area contributed by atoms with Gasteiger partial charge in [0.15, 0.2) is 5.78 Å². The Kier molecular flexibility index (Phi) is 4.55. The molecular weight excluding hydrogens is 330 g/mol. The molecule has 23 heavy (non-hydrogen) atoms. The largest absolute Gasteiger partial charge is 0.313 e. The molecule has 0 spiro atoms. The van der Waals surface area contributed by atoms with Crippen LogP contribution in [0.5, 0.6) is 0 Å². The number of H-pyrrole nitrogens is 1. The van der Waals surface area contributed by atoms with Crippen molar-refractivity contribution in [2.45, 2.75) is 0 Å². The van der Waals surface area contributed by atoms with Crippen molar-refractivity contribution >= 4 is 40.9 Å². The maximum absolute atomic E-state index is 12.2. The quantitative estimate of drug-likeness (QED) is 0.744. The van der Waals surface area contributed by atoms with Crippen molar-refractivity contribution in [2.75, 3.05) is 0 Å². The van der Waals surface area contributed by atoms with E-state index in [1.807, 2.05) is 30.3 Å². The highest BCUT2D eigenvalue weighted by Crippen LogP contribution is 2.11. The lowest BCUT2D eigenvalue weighted by Gasteiger charge is -1.95. The van der Waals surface area contributed by atoms with Crippen LogP contribution in [-0.4, -0.2) is 10.8 Å². The normalized spacial score (nSPS) is 12.6. The summed E-state index contributed by atoms with van der Waals surface area (Å²) in [6.07, 6.45) is 3.21. The molecular formula is C18H12ClNO2S. The van der Waals surface area contributed by atoms with E-state index in [1.54, 1.807) is 30.3 Å². The van der Waals surface area contributed by atoms with E-state index in [2.05, 4.69) is 4.98 Å². The van der Waals surface area contributed by atoms with Crippen molar-refractivity contribution in [3.05, 3.63) is 90.3 Å². The van der Waals surface area contributed by atoms with Crippen molar-refractivity contribution in [3.63, 3.8) is 0 Å². The third-order valence-electron chi connectivity index (χ3n) is 3.15. The zero-order chi connectivity index (χ0) is 16.2. The minimum absolute atomic E-state index is 0.198. The Morgan fingerprint density at radius 1 is 1.09 bits per heavy atom. The number of ketones is 1. The average Bonchev–Trinajstić information content (AvgIpc) is 2.88. The average molecular weight is 342 g/mol. The van der Waals surface area contributed by atoms with E-state index in [-0.39, 0.29) is 11.3 Å². The zero-order valence-corrected chi connectivity index (χ0v) is 13.5. The Hall–Kier alpha value is -2.43. The fourth-order valence-corrected chi connectivity index (χ4v) is 3.14. The molecule has 5 heteroatoms. The lowest BCUT2D eigenvalue weighted by molar-refractivity contribution is 0.106. The first-order chi connectivity index (χ1) is 11.1. The predicted octanol–water partition coefficient (Wildman–Crippen LogP) is 2.58. The number of thiazole rings is 1. The van der Waals surface area contributed by atoms with Gasteiger partial charge in [-0.2, -0.15) is 0 Å². The minimum Gasteiger partial charge on any atom is -0.313 e. The monoisotopic (exact) mass is 341 g/mol. The number of carbonyl (C=O) groups is 1. The van der Waals surface area contributed by atoms with Crippen molar-refractivity contribution < 1.29 is 4.79 Å². The van der Waals surface area contributed by atoms with Gasteiger partial charge in [-0.1, -0.05) is 54.1 Å². The van der Waals surface area contributed by atoms with Crippen molar-refractivity contribution in [1.29, 1.82) is 0 Å². The molecule has 3 nitrogen and oxygen atoms in total. The van der Waals surface area contributed by atoms with E-state index in [1.165, 1.54) is 17.4 Å². The van der Waals surface area contributed by atoms with Crippen molar-refractivity contribution in [1.82, 2.24) is 4.98 Å². The van der Waals surface area contributed by atoms with Gasteiger partial charge in [-0.3, -0.25) is 9.59 Å². The van der Waals surface area contributed by atoms with Gasteiger partial charge in [0.1, 0.15) is 0 Å². The van der Waals surface area contributed by atoms with Gasteiger partial charge in [-0.05, 0) is 23.8 Å². The summed E-state index contributed by atoms with van der Waals surface area (Å²) in [4.78, 5) is 26.9. The molecule has 0 aliphatic heterocycles. The van der Waals surface area contributed by atoms with E-state index in [9.17, 15) is 9.59 Å². The number of hydrogen-bond acceptors (Lipinski definition) is 3. The summed E-state index contributed by atoms with van der Waals surface area (Å²) in [5.74, 6) is -0.198. The Morgan fingerprint density at radius 2 is 1.87 bits per heavy atom. The molecule has 0 unspecified atom stereocenters. The molecule has 114 valence electrons. The number of benzene rings is 2. The fraction of sp³-hybridized carbons (Fsp3) is 0. The molecule has 0 radical (unpaired) electrons. The van der Waals surface area contributed by atoms with Gasteiger partial charge in [0.05, 0.1) is 9.20 Å². The highest BCUT2D eigenvalue weighted by atomic mass is 35.5. The van der Waals surface area contributed by atoms with Gasteiger partial charge in [-0.25, -0.2) is 0 Å². The molecule has 3 rings (SSSR count). The second kappa shape index (κ2) is 6.77. The van der Waals surface area contributed by atoms with Crippen LogP contribution >= 0.6 is 22.9 Å². The Bertz CT molecular complexity index is 1020. The molecule has 0 atom stereocenters. The van der Waals surface area contributed by atoms with Crippen LogP contribution < -0.4 is 14.8 Å². The highest BCUT2D eigenvalue weighted by molar-refractivity contribution is 7.07. The fourth-order valence-electron chi connectivity index (χ4n) is 2.07. The molecule has 1 heterocycles. The number of carbonyl (C=O) groups excluding carboxylic acids is 1. The van der Waals surface area contributed by atoms with Crippen LogP contribution in [0.4, 0.5) is 0 Å². The van der Waals surface area contributed by atoms with Gasteiger partial charge in [-0.15, -0.1) is 11.3 Å². The van der Waals surface area contributed by atoms with E-state index < -0.39 is 0 Å². The highest BCUT2D eigenvalue weighted by Gasteiger charge is 2.03. The van der Waals surface area contributed by atoms with Gasteiger partial charge in [0.25, 0.3) is 5.56 Å². The Morgan fingerprint density at radius 3 is 2.61 bits per heavy atom. The van der Waals surface area contributed by atoms with E-state index in [0.717, 1.165) is 5.56 Å². The van der Waals surface area contributed by atoms with Crippen LogP contribution in [0.15, 0.2) is 59.4 Å². The van der Waals surface area contributed by atoms with Gasteiger partial charge >= 0.3 is 0 Å². The predicted molar refractivity (Wildman–Crippen MR) is 94.4 cm³/mol. The third-order valence-corrected chi connectivity index (χ3v) is 4.35. The molecule has 0 amide bonds. The topological polar surface area (TPSA) is 49.9 Å². The summed E-state index contributed by atoms with van der Waals surface area (Å²) in [5.41, 5.74) is 1.22. The van der Waals surface area contributed by atoms with Crippen LogP contribution in [-0.2, 0) is 0 Å². The number of nitrogens with one attached hydrogen (secondary N) is 1. The number of aromatic amines is 1. The van der Waals surface area contributed by atoms with Crippen LogP contribution in [0.3, 0.4) is 0 Å². The minimum atomic E-state index is -0.205. The molecule has 0 fully saturated rings. The van der Waals surface area contributed by atoms with Gasteiger partial charge in [0.2, 0.25) is 0 Å². The number of halogens is 1. The zero-order valence-electron chi connectivity index (χ0n) is 12.0. The first kappa shape index (κ1) is 15.5. The van der Waals surface area contributed by atoms with E-state index >= 15 is 0 Å². The standard InChI is InChI=1S/C18H12ClNO2S/c19-14-8-4-7-13(10-14)15(21)11-17-20-18(22)16(23-17)9-12-5-2-1-3-6-12/h1-11H,(H,20,22)/b16-9-,17-11-. The molecule has 0 aliphatic carbocycles. The summed E-state index contributed by atoms with van der Waals surface area (Å²) in [5, 5.41) is 0.502. The van der Waals surface area contributed by atoms with E-state index in [0.29, 0.717) is 19.8 Å². The number of rotatable bonds is 3. The first-order valence-electron chi connectivity index (χ1n) is 6.89. The second-order valence-electron chi connectivity index (χ2n) is 4.86. The molecule has 1 aromatic heterocycles. The van der Waals surface area contributed by atoms with E-state index in [4.69, 9.17) is 11.6 Å². The summed E-state index contributed by atoms with van der Waals surface area (Å²) >= 11 is 7.13. The number of aromatic nitrogens is 1. The Labute approximate surface area is 141 Å². The number of Topliss-reactive ketones (excluding diaryl/α,β-unsaturated/α-hetero) is 1. The number of hydrogen-bond donors (Lipinski definition) is 1. The smallest absolute Gasteiger partial charge is 0.266 e. The molecule has 0 saturated carbocycles. The molecule has 2 aromatic carbocycles. The summed E-state index contributed by atoms with van der Waals surface area (Å²) in [7, 11) is 0. The van der Waals surface area contributed by atoms with Crippen LogP contribution in [0.2, 0.25) is 5.02 Å². The van der Waals surface area contributed by atoms with Gasteiger partial charge < -0.3 is 4.98 Å². The van der Waals surface area contributed by atoms with Gasteiger partial charge in [0, 0.05) is 16.7 Å². The third kappa shape index (κ3) is 3.86. The lowest BCUT2D eigenvalue weighted by atomic mass is 10.1. The van der Waals surface area contributed by atoms with Crippen LogP contribution in [0.1, 0.15) is 15.9 Å². The van der Waals surface area contributed by atoms with Crippen LogP contribution in [0.25, 0.3) is 12.2 Å².